The fourth-order valence-corrected chi connectivity index (χ4v) is 2.54. The van der Waals surface area contributed by atoms with Crippen molar-refractivity contribution >= 4 is 23.3 Å². The second-order valence-electron chi connectivity index (χ2n) is 5.47. The third-order valence-electron chi connectivity index (χ3n) is 3.80. The number of nitrogens with zero attached hydrogens (tertiary/aromatic N) is 3. The highest BCUT2D eigenvalue weighted by atomic mass is 19.1. The van der Waals surface area contributed by atoms with E-state index in [0.717, 1.165) is 0 Å². The largest absolute Gasteiger partial charge is 0.481 e. The van der Waals surface area contributed by atoms with Crippen LogP contribution in [-0.4, -0.2) is 48.6 Å². The van der Waals surface area contributed by atoms with Gasteiger partial charge in [0.25, 0.3) is 0 Å². The number of rotatable bonds is 5. The molecular formula is C17H17FN4O3. The summed E-state index contributed by atoms with van der Waals surface area (Å²) in [6.45, 7) is 0.800. The molecule has 25 heavy (non-hydrogen) atoms. The van der Waals surface area contributed by atoms with Crippen molar-refractivity contribution in [2.75, 3.05) is 37.0 Å². The molecule has 0 unspecified atom stereocenters. The van der Waals surface area contributed by atoms with E-state index in [1.807, 2.05) is 0 Å². The first-order valence-corrected chi connectivity index (χ1v) is 7.69. The molecule has 0 atom stereocenters. The van der Waals surface area contributed by atoms with Gasteiger partial charge >= 0.3 is 6.03 Å². The molecule has 2 heterocycles. The van der Waals surface area contributed by atoms with Gasteiger partial charge in [-0.05, 0) is 30.3 Å². The number of aromatic nitrogens is 1. The summed E-state index contributed by atoms with van der Waals surface area (Å²) >= 11 is 0. The van der Waals surface area contributed by atoms with Crippen LogP contribution >= 0.6 is 0 Å². The smallest absolute Gasteiger partial charge is 0.325 e. The topological polar surface area (TPSA) is 74.8 Å². The summed E-state index contributed by atoms with van der Waals surface area (Å²) in [6, 6.07) is 8.70. The molecule has 7 nitrogen and oxygen atoms in total. The lowest BCUT2D eigenvalue weighted by Gasteiger charge is -2.18. The Labute approximate surface area is 144 Å². The number of ether oxygens (including phenoxy) is 1. The summed E-state index contributed by atoms with van der Waals surface area (Å²) in [6.07, 6.45) is 1.48. The fourth-order valence-electron chi connectivity index (χ4n) is 2.54. The number of carbonyl (C=O) groups is 2. The van der Waals surface area contributed by atoms with Crippen LogP contribution in [0.3, 0.4) is 0 Å². The van der Waals surface area contributed by atoms with E-state index >= 15 is 0 Å². The number of halogens is 1. The van der Waals surface area contributed by atoms with Crippen molar-refractivity contribution in [1.29, 1.82) is 0 Å². The maximum Gasteiger partial charge on any atom is 0.325 e. The molecule has 0 radical (unpaired) electrons. The minimum absolute atomic E-state index is 0.0669. The summed E-state index contributed by atoms with van der Waals surface area (Å²) in [5.74, 6) is -0.233. The molecule has 130 valence electrons. The highest BCUT2D eigenvalue weighted by Crippen LogP contribution is 2.20. The number of methoxy groups -OCH3 is 1. The molecule has 2 aromatic rings. The van der Waals surface area contributed by atoms with Gasteiger partial charge in [0.2, 0.25) is 11.8 Å². The summed E-state index contributed by atoms with van der Waals surface area (Å²) in [5.41, 5.74) is 1.13. The lowest BCUT2D eigenvalue weighted by molar-refractivity contribution is -0.116. The molecule has 3 amide bonds. The zero-order valence-electron chi connectivity index (χ0n) is 13.6. The Kier molecular flexibility index (Phi) is 4.78. The molecule has 1 fully saturated rings. The molecule has 0 bridgehead atoms. The van der Waals surface area contributed by atoms with Crippen LogP contribution in [-0.2, 0) is 4.79 Å². The first kappa shape index (κ1) is 16.7. The van der Waals surface area contributed by atoms with Crippen LogP contribution in [0.25, 0.3) is 0 Å². The van der Waals surface area contributed by atoms with Crippen LogP contribution < -0.4 is 15.0 Å². The average Bonchev–Trinajstić information content (AvgIpc) is 2.97. The molecule has 1 aliphatic rings. The molecule has 3 rings (SSSR count). The summed E-state index contributed by atoms with van der Waals surface area (Å²) in [4.78, 5) is 31.5. The van der Waals surface area contributed by atoms with Gasteiger partial charge in [0.15, 0.2) is 0 Å². The zero-order chi connectivity index (χ0) is 17.8. The molecule has 1 aromatic heterocycles. The average molecular weight is 344 g/mol. The van der Waals surface area contributed by atoms with Crippen LogP contribution in [0.15, 0.2) is 42.6 Å². The number of nitrogens with one attached hydrogen (secondary N) is 1. The van der Waals surface area contributed by atoms with E-state index in [1.54, 1.807) is 24.3 Å². The number of hydrogen-bond donors (Lipinski definition) is 1. The molecule has 1 saturated heterocycles. The van der Waals surface area contributed by atoms with E-state index in [0.29, 0.717) is 30.3 Å². The zero-order valence-corrected chi connectivity index (χ0v) is 13.6. The predicted octanol–water partition coefficient (Wildman–Crippen LogP) is 2.11. The highest BCUT2D eigenvalue weighted by molar-refractivity contribution is 5.99. The Morgan fingerprint density at radius 2 is 2.00 bits per heavy atom. The third kappa shape index (κ3) is 3.85. The predicted molar refractivity (Wildman–Crippen MR) is 90.1 cm³/mol. The van der Waals surface area contributed by atoms with Gasteiger partial charge in [-0.25, -0.2) is 14.2 Å². The van der Waals surface area contributed by atoms with Gasteiger partial charge in [-0.3, -0.25) is 9.69 Å². The highest BCUT2D eigenvalue weighted by Gasteiger charge is 2.30. The van der Waals surface area contributed by atoms with E-state index in [1.165, 1.54) is 35.2 Å². The van der Waals surface area contributed by atoms with Gasteiger partial charge in [0.05, 0.1) is 19.0 Å². The number of pyridine rings is 1. The van der Waals surface area contributed by atoms with Gasteiger partial charge in [0, 0.05) is 24.8 Å². The monoisotopic (exact) mass is 344 g/mol. The molecule has 1 N–H and O–H groups in total. The summed E-state index contributed by atoms with van der Waals surface area (Å²) in [5, 5.41) is 2.68. The number of amides is 3. The Balaban J connectivity index is 1.58. The van der Waals surface area contributed by atoms with E-state index in [-0.39, 0.29) is 24.3 Å². The molecule has 1 aliphatic heterocycles. The quantitative estimate of drug-likeness (QED) is 0.901. The van der Waals surface area contributed by atoms with Crippen molar-refractivity contribution in [2.45, 2.75) is 0 Å². The lowest BCUT2D eigenvalue weighted by Crippen LogP contribution is -2.37. The van der Waals surface area contributed by atoms with Crippen molar-refractivity contribution < 1.29 is 18.7 Å². The maximum absolute atomic E-state index is 13.0. The van der Waals surface area contributed by atoms with Crippen molar-refractivity contribution in [3.05, 3.63) is 48.4 Å². The number of benzene rings is 1. The van der Waals surface area contributed by atoms with Crippen molar-refractivity contribution in [2.24, 2.45) is 0 Å². The fraction of sp³-hybridized carbons (Fsp3) is 0.235. The standard InChI is InChI=1S/C17H17FN4O3/c1-25-16-7-4-13(10-19-16)20-15(23)11-21-8-9-22(17(21)24)14-5-2-12(18)3-6-14/h2-7,10H,8-9,11H2,1H3,(H,20,23). The van der Waals surface area contributed by atoms with E-state index in [9.17, 15) is 14.0 Å². The third-order valence-corrected chi connectivity index (χ3v) is 3.80. The first-order chi connectivity index (χ1) is 12.1. The number of hydrogen-bond acceptors (Lipinski definition) is 4. The van der Waals surface area contributed by atoms with E-state index in [2.05, 4.69) is 10.3 Å². The minimum atomic E-state index is -0.361. The van der Waals surface area contributed by atoms with Crippen LogP contribution in [0.4, 0.5) is 20.6 Å². The maximum atomic E-state index is 13.0. The van der Waals surface area contributed by atoms with Gasteiger partial charge < -0.3 is 15.0 Å². The Morgan fingerprint density at radius 1 is 1.24 bits per heavy atom. The Bertz CT molecular complexity index is 764. The second-order valence-corrected chi connectivity index (χ2v) is 5.47. The lowest BCUT2D eigenvalue weighted by atomic mass is 10.3. The second kappa shape index (κ2) is 7.16. The SMILES string of the molecule is COc1ccc(NC(=O)CN2CCN(c3ccc(F)cc3)C2=O)cn1. The summed E-state index contributed by atoms with van der Waals surface area (Å²) in [7, 11) is 1.51. The van der Waals surface area contributed by atoms with Crippen molar-refractivity contribution in [3.63, 3.8) is 0 Å². The number of anilines is 2. The molecule has 0 aliphatic carbocycles. The van der Waals surface area contributed by atoms with Gasteiger partial charge in [-0.15, -0.1) is 0 Å². The van der Waals surface area contributed by atoms with Crippen LogP contribution in [0.5, 0.6) is 5.88 Å². The van der Waals surface area contributed by atoms with Crippen molar-refractivity contribution in [1.82, 2.24) is 9.88 Å². The Hall–Kier alpha value is -3.16. The molecular weight excluding hydrogens is 327 g/mol. The summed E-state index contributed by atoms with van der Waals surface area (Å²) < 4.78 is 17.9. The normalized spacial score (nSPS) is 13.9. The van der Waals surface area contributed by atoms with Crippen LogP contribution in [0.2, 0.25) is 0 Å². The molecule has 0 spiro atoms. The molecule has 1 aromatic carbocycles. The number of urea groups is 1. The van der Waals surface area contributed by atoms with E-state index < -0.39 is 0 Å². The van der Waals surface area contributed by atoms with Crippen LogP contribution in [0, 0.1) is 5.82 Å². The van der Waals surface area contributed by atoms with Gasteiger partial charge in [-0.1, -0.05) is 0 Å². The van der Waals surface area contributed by atoms with Crippen LogP contribution in [0.1, 0.15) is 0 Å². The van der Waals surface area contributed by atoms with Crippen molar-refractivity contribution in [3.8, 4) is 5.88 Å². The van der Waals surface area contributed by atoms with E-state index in [4.69, 9.17) is 4.74 Å². The molecule has 0 saturated carbocycles. The molecule has 8 heteroatoms. The first-order valence-electron chi connectivity index (χ1n) is 7.69. The Morgan fingerprint density at radius 3 is 2.64 bits per heavy atom. The minimum Gasteiger partial charge on any atom is -0.481 e. The van der Waals surface area contributed by atoms with Gasteiger partial charge in [0.1, 0.15) is 12.4 Å². The van der Waals surface area contributed by atoms with Gasteiger partial charge in [-0.2, -0.15) is 0 Å². The number of carbonyl (C=O) groups excluding carboxylic acids is 2.